The molecule has 0 radical (unpaired) electrons. The predicted octanol–water partition coefficient (Wildman–Crippen LogP) is 1.80. The van der Waals surface area contributed by atoms with Crippen molar-refractivity contribution >= 4 is 5.97 Å². The first kappa shape index (κ1) is 12.0. The summed E-state index contributed by atoms with van der Waals surface area (Å²) < 4.78 is 4.61. The monoisotopic (exact) mass is 209 g/mol. The Kier molecular flexibility index (Phi) is 5.12. The van der Waals surface area contributed by atoms with Crippen LogP contribution in [0.5, 0.6) is 0 Å². The van der Waals surface area contributed by atoms with Crippen LogP contribution >= 0.6 is 0 Å². The molecule has 3 nitrogen and oxygen atoms in total. The number of nitrogens with one attached hydrogen (secondary N) is 1. The van der Waals surface area contributed by atoms with E-state index in [4.69, 9.17) is 0 Å². The van der Waals surface area contributed by atoms with Gasteiger partial charge in [-0.15, -0.1) is 0 Å². The van der Waals surface area contributed by atoms with E-state index < -0.39 is 0 Å². The van der Waals surface area contributed by atoms with E-state index in [1.54, 1.807) is 6.92 Å². The summed E-state index contributed by atoms with van der Waals surface area (Å²) in [5.41, 5.74) is 0.663. The maximum atomic E-state index is 11.1. The van der Waals surface area contributed by atoms with E-state index in [9.17, 15) is 4.79 Å². The lowest BCUT2D eigenvalue weighted by Crippen LogP contribution is -2.30. The highest BCUT2D eigenvalue weighted by Crippen LogP contribution is 2.10. The maximum Gasteiger partial charge on any atom is 0.333 e. The molecule has 0 aromatic rings. The van der Waals surface area contributed by atoms with Crippen LogP contribution in [0, 0.1) is 0 Å². The Morgan fingerprint density at radius 3 is 3.00 bits per heavy atom. The fourth-order valence-corrected chi connectivity index (χ4v) is 1.60. The first-order valence-electron chi connectivity index (χ1n) is 5.37. The number of carbonyl (C=O) groups is 1. The Bertz CT molecular complexity index is 269. The van der Waals surface area contributed by atoms with E-state index in [0.717, 1.165) is 19.4 Å². The van der Waals surface area contributed by atoms with Crippen LogP contribution in [0.3, 0.4) is 0 Å². The van der Waals surface area contributed by atoms with Gasteiger partial charge in [0.05, 0.1) is 7.11 Å². The zero-order chi connectivity index (χ0) is 11.1. The van der Waals surface area contributed by atoms with E-state index in [0.29, 0.717) is 11.6 Å². The zero-order valence-corrected chi connectivity index (χ0v) is 9.45. The lowest BCUT2D eigenvalue weighted by molar-refractivity contribution is -0.136. The fraction of sp³-hybridized carbons (Fsp3) is 0.583. The van der Waals surface area contributed by atoms with Crippen molar-refractivity contribution in [2.45, 2.75) is 32.2 Å². The molecule has 0 heterocycles. The molecule has 1 N–H and O–H groups in total. The highest BCUT2D eigenvalue weighted by atomic mass is 16.5. The number of esters is 1. The number of ether oxygens (including phenoxy) is 1. The van der Waals surface area contributed by atoms with Crippen molar-refractivity contribution in [3.63, 3.8) is 0 Å². The minimum atomic E-state index is -0.250. The van der Waals surface area contributed by atoms with Gasteiger partial charge >= 0.3 is 5.97 Å². The molecule has 0 saturated carbocycles. The molecule has 0 spiro atoms. The van der Waals surface area contributed by atoms with Crippen molar-refractivity contribution in [2.75, 3.05) is 13.7 Å². The molecule has 1 unspecified atom stereocenters. The van der Waals surface area contributed by atoms with Gasteiger partial charge < -0.3 is 10.1 Å². The number of hydrogen-bond acceptors (Lipinski definition) is 3. The topological polar surface area (TPSA) is 38.3 Å². The Labute approximate surface area is 91.2 Å². The Hall–Kier alpha value is -1.09. The van der Waals surface area contributed by atoms with Crippen LogP contribution in [-0.4, -0.2) is 25.7 Å². The minimum Gasteiger partial charge on any atom is -0.466 e. The van der Waals surface area contributed by atoms with E-state index >= 15 is 0 Å². The van der Waals surface area contributed by atoms with Crippen LogP contribution < -0.4 is 5.32 Å². The summed E-state index contributed by atoms with van der Waals surface area (Å²) in [7, 11) is 1.40. The van der Waals surface area contributed by atoms with Crippen LogP contribution in [0.1, 0.15) is 26.2 Å². The highest BCUT2D eigenvalue weighted by Gasteiger charge is 2.08. The third kappa shape index (κ3) is 4.30. The van der Waals surface area contributed by atoms with Gasteiger partial charge in [-0.1, -0.05) is 18.2 Å². The summed E-state index contributed by atoms with van der Waals surface area (Å²) in [5, 5.41) is 3.40. The molecule has 0 aromatic carbocycles. The molecule has 0 amide bonds. The van der Waals surface area contributed by atoms with Crippen LogP contribution in [0.4, 0.5) is 0 Å². The van der Waals surface area contributed by atoms with Gasteiger partial charge in [-0.3, -0.25) is 0 Å². The van der Waals surface area contributed by atoms with Gasteiger partial charge in [0.1, 0.15) is 0 Å². The number of rotatable bonds is 4. The fourth-order valence-electron chi connectivity index (χ4n) is 1.60. The average molecular weight is 209 g/mol. The third-order valence-electron chi connectivity index (χ3n) is 2.59. The normalized spacial score (nSPS) is 21.5. The summed E-state index contributed by atoms with van der Waals surface area (Å²) in [4.78, 5) is 11.1. The molecule has 0 bridgehead atoms. The number of hydrogen-bond donors (Lipinski definition) is 1. The second-order valence-electron chi connectivity index (χ2n) is 3.77. The third-order valence-corrected chi connectivity index (χ3v) is 2.59. The standard InChI is InChI=1S/C12H19NO2/c1-10(12(14)15-2)8-9-13-11-6-4-3-5-7-11/h3-4,8,11,13H,5-7,9H2,1-2H3/b10-8+. The van der Waals surface area contributed by atoms with E-state index in [-0.39, 0.29) is 5.97 Å². The molecule has 1 rings (SSSR count). The summed E-state index contributed by atoms with van der Waals surface area (Å²) in [6.45, 7) is 2.51. The van der Waals surface area contributed by atoms with Crippen molar-refractivity contribution in [3.05, 3.63) is 23.8 Å². The smallest absolute Gasteiger partial charge is 0.333 e. The van der Waals surface area contributed by atoms with Gasteiger partial charge in [0, 0.05) is 18.2 Å². The van der Waals surface area contributed by atoms with Crippen LogP contribution in [0.15, 0.2) is 23.8 Å². The summed E-state index contributed by atoms with van der Waals surface area (Å²) in [5.74, 6) is -0.250. The molecule has 84 valence electrons. The molecule has 3 heteroatoms. The number of carbonyl (C=O) groups excluding carboxylic acids is 1. The lowest BCUT2D eigenvalue weighted by Gasteiger charge is -2.18. The zero-order valence-electron chi connectivity index (χ0n) is 9.45. The number of methoxy groups -OCH3 is 1. The largest absolute Gasteiger partial charge is 0.466 e. The molecular weight excluding hydrogens is 190 g/mol. The molecule has 15 heavy (non-hydrogen) atoms. The van der Waals surface area contributed by atoms with Gasteiger partial charge in [0.15, 0.2) is 0 Å². The minimum absolute atomic E-state index is 0.250. The molecular formula is C12H19NO2. The van der Waals surface area contributed by atoms with Crippen LogP contribution in [0.25, 0.3) is 0 Å². The second kappa shape index (κ2) is 6.40. The van der Waals surface area contributed by atoms with Crippen molar-refractivity contribution in [1.82, 2.24) is 5.32 Å². The first-order chi connectivity index (χ1) is 7.24. The Balaban J connectivity index is 2.25. The molecule has 0 aromatic heterocycles. The summed E-state index contributed by atoms with van der Waals surface area (Å²) in [6, 6.07) is 0.552. The predicted molar refractivity (Wildman–Crippen MR) is 60.6 cm³/mol. The SMILES string of the molecule is COC(=O)/C(C)=C/CNC1CC=CCC1. The Morgan fingerprint density at radius 2 is 2.40 bits per heavy atom. The first-order valence-corrected chi connectivity index (χ1v) is 5.37. The van der Waals surface area contributed by atoms with Crippen molar-refractivity contribution in [1.29, 1.82) is 0 Å². The quantitative estimate of drug-likeness (QED) is 0.436. The summed E-state index contributed by atoms with van der Waals surface area (Å²) >= 11 is 0. The second-order valence-corrected chi connectivity index (χ2v) is 3.77. The lowest BCUT2D eigenvalue weighted by atomic mass is 10.0. The van der Waals surface area contributed by atoms with Crippen LogP contribution in [-0.2, 0) is 9.53 Å². The number of allylic oxidation sites excluding steroid dienone is 1. The molecule has 0 aliphatic heterocycles. The maximum absolute atomic E-state index is 11.1. The highest BCUT2D eigenvalue weighted by molar-refractivity contribution is 5.87. The molecule has 0 saturated heterocycles. The molecule has 1 atom stereocenters. The summed E-state index contributed by atoms with van der Waals surface area (Å²) in [6.07, 6.45) is 9.72. The van der Waals surface area contributed by atoms with Crippen LogP contribution in [0.2, 0.25) is 0 Å². The van der Waals surface area contributed by atoms with Gasteiger partial charge in [-0.05, 0) is 26.2 Å². The average Bonchev–Trinajstić information content (AvgIpc) is 2.29. The van der Waals surface area contributed by atoms with Crippen molar-refractivity contribution in [3.8, 4) is 0 Å². The Morgan fingerprint density at radius 1 is 1.60 bits per heavy atom. The van der Waals surface area contributed by atoms with Gasteiger partial charge in [0.25, 0.3) is 0 Å². The van der Waals surface area contributed by atoms with Crippen molar-refractivity contribution < 1.29 is 9.53 Å². The van der Waals surface area contributed by atoms with Gasteiger partial charge in [-0.25, -0.2) is 4.79 Å². The molecule has 1 aliphatic rings. The van der Waals surface area contributed by atoms with E-state index in [1.165, 1.54) is 13.5 Å². The van der Waals surface area contributed by atoms with Gasteiger partial charge in [0.2, 0.25) is 0 Å². The molecule has 1 aliphatic carbocycles. The molecule has 0 fully saturated rings. The van der Waals surface area contributed by atoms with Gasteiger partial charge in [-0.2, -0.15) is 0 Å². The van der Waals surface area contributed by atoms with E-state index in [2.05, 4.69) is 22.2 Å². The van der Waals surface area contributed by atoms with E-state index in [1.807, 2.05) is 6.08 Å². The van der Waals surface area contributed by atoms with Crippen molar-refractivity contribution in [2.24, 2.45) is 0 Å².